The number of rotatable bonds is 3. The monoisotopic (exact) mass is 156 g/mol. The highest BCUT2D eigenvalue weighted by Crippen LogP contribution is 2.08. The molecule has 1 heterocycles. The van der Waals surface area contributed by atoms with Gasteiger partial charge in [-0.1, -0.05) is 6.42 Å². The number of hydrogen-bond donors (Lipinski definition) is 0. The SMILES string of the molecule is [CH2]C(CN1CCCCC1)OC. The van der Waals surface area contributed by atoms with Gasteiger partial charge >= 0.3 is 0 Å². The van der Waals surface area contributed by atoms with Gasteiger partial charge in [-0.15, -0.1) is 0 Å². The lowest BCUT2D eigenvalue weighted by Gasteiger charge is -2.28. The molecule has 2 heteroatoms. The van der Waals surface area contributed by atoms with Gasteiger partial charge in [0.25, 0.3) is 0 Å². The van der Waals surface area contributed by atoms with Crippen molar-refractivity contribution in [2.75, 3.05) is 26.7 Å². The van der Waals surface area contributed by atoms with Crippen molar-refractivity contribution in [2.45, 2.75) is 25.4 Å². The third-order valence-corrected chi connectivity index (χ3v) is 2.24. The summed E-state index contributed by atoms with van der Waals surface area (Å²) in [6, 6.07) is 0. The molecule has 0 aromatic heterocycles. The second-order valence-corrected chi connectivity index (χ2v) is 3.22. The van der Waals surface area contributed by atoms with Crippen molar-refractivity contribution in [3.8, 4) is 0 Å². The molecular formula is C9H18NO. The zero-order chi connectivity index (χ0) is 8.10. The van der Waals surface area contributed by atoms with Crippen molar-refractivity contribution < 1.29 is 4.74 Å². The Morgan fingerprint density at radius 3 is 2.55 bits per heavy atom. The minimum absolute atomic E-state index is 0.146. The van der Waals surface area contributed by atoms with E-state index in [0.29, 0.717) is 0 Å². The molecule has 0 aromatic rings. The third kappa shape index (κ3) is 3.21. The van der Waals surface area contributed by atoms with Crippen molar-refractivity contribution in [3.63, 3.8) is 0 Å². The first-order valence-electron chi connectivity index (χ1n) is 4.41. The van der Waals surface area contributed by atoms with Crippen molar-refractivity contribution in [1.29, 1.82) is 0 Å². The summed E-state index contributed by atoms with van der Waals surface area (Å²) in [5, 5.41) is 0. The van der Waals surface area contributed by atoms with E-state index in [0.717, 1.165) is 6.54 Å². The molecule has 0 bridgehead atoms. The second kappa shape index (κ2) is 4.73. The summed E-state index contributed by atoms with van der Waals surface area (Å²) in [7, 11) is 1.72. The van der Waals surface area contributed by atoms with Crippen LogP contribution in [0.1, 0.15) is 19.3 Å². The first-order valence-corrected chi connectivity index (χ1v) is 4.41. The lowest BCUT2D eigenvalue weighted by molar-refractivity contribution is 0.0863. The van der Waals surface area contributed by atoms with Crippen LogP contribution in [0.25, 0.3) is 0 Å². The number of piperidine rings is 1. The maximum atomic E-state index is 5.10. The second-order valence-electron chi connectivity index (χ2n) is 3.22. The predicted octanol–water partition coefficient (Wildman–Crippen LogP) is 1.32. The van der Waals surface area contributed by atoms with E-state index in [-0.39, 0.29) is 6.10 Å². The van der Waals surface area contributed by atoms with Crippen LogP contribution < -0.4 is 0 Å². The normalized spacial score (nSPS) is 23.5. The summed E-state index contributed by atoms with van der Waals surface area (Å²) in [4.78, 5) is 2.44. The van der Waals surface area contributed by atoms with Crippen LogP contribution in [0.2, 0.25) is 0 Å². The maximum absolute atomic E-state index is 5.10. The molecule has 1 atom stereocenters. The number of ether oxygens (including phenoxy) is 1. The summed E-state index contributed by atoms with van der Waals surface area (Å²) in [6.45, 7) is 7.35. The van der Waals surface area contributed by atoms with Crippen LogP contribution >= 0.6 is 0 Å². The summed E-state index contributed by atoms with van der Waals surface area (Å²) in [5.74, 6) is 0. The Morgan fingerprint density at radius 1 is 1.36 bits per heavy atom. The van der Waals surface area contributed by atoms with E-state index in [1.807, 2.05) is 0 Å². The van der Waals surface area contributed by atoms with Gasteiger partial charge in [0.05, 0.1) is 6.10 Å². The van der Waals surface area contributed by atoms with Gasteiger partial charge < -0.3 is 9.64 Å². The summed E-state index contributed by atoms with van der Waals surface area (Å²) >= 11 is 0. The fourth-order valence-electron chi connectivity index (χ4n) is 1.50. The fraction of sp³-hybridized carbons (Fsp3) is 0.889. The van der Waals surface area contributed by atoms with Gasteiger partial charge in [-0.3, -0.25) is 0 Å². The molecule has 1 rings (SSSR count). The molecule has 0 amide bonds. The van der Waals surface area contributed by atoms with E-state index >= 15 is 0 Å². The Balaban J connectivity index is 2.13. The van der Waals surface area contributed by atoms with Crippen molar-refractivity contribution in [2.24, 2.45) is 0 Å². The molecule has 0 N–H and O–H groups in total. The van der Waals surface area contributed by atoms with Crippen molar-refractivity contribution >= 4 is 0 Å². The van der Waals surface area contributed by atoms with Gasteiger partial charge in [-0.2, -0.15) is 0 Å². The molecule has 0 saturated carbocycles. The number of hydrogen-bond acceptors (Lipinski definition) is 2. The average Bonchev–Trinajstić information content (AvgIpc) is 2.06. The Labute approximate surface area is 69.5 Å². The van der Waals surface area contributed by atoms with Crippen molar-refractivity contribution in [1.82, 2.24) is 4.90 Å². The number of likely N-dealkylation sites (tertiary alicyclic amines) is 1. The molecule has 0 aromatic carbocycles. The smallest absolute Gasteiger partial charge is 0.0699 e. The highest BCUT2D eigenvalue weighted by atomic mass is 16.5. The zero-order valence-corrected chi connectivity index (χ0v) is 7.38. The quantitative estimate of drug-likeness (QED) is 0.611. The molecule has 0 spiro atoms. The highest BCUT2D eigenvalue weighted by molar-refractivity contribution is 4.70. The van der Waals surface area contributed by atoms with Gasteiger partial charge in [0.1, 0.15) is 0 Å². The van der Waals surface area contributed by atoms with E-state index in [1.54, 1.807) is 7.11 Å². The van der Waals surface area contributed by atoms with Gasteiger partial charge in [0.15, 0.2) is 0 Å². The number of methoxy groups -OCH3 is 1. The van der Waals surface area contributed by atoms with Gasteiger partial charge in [0, 0.05) is 13.7 Å². The van der Waals surface area contributed by atoms with E-state index < -0.39 is 0 Å². The fourth-order valence-corrected chi connectivity index (χ4v) is 1.50. The molecule has 1 aliphatic heterocycles. The molecule has 1 saturated heterocycles. The molecule has 65 valence electrons. The molecule has 11 heavy (non-hydrogen) atoms. The average molecular weight is 156 g/mol. The van der Waals surface area contributed by atoms with Crippen LogP contribution in [-0.4, -0.2) is 37.7 Å². The molecule has 2 nitrogen and oxygen atoms in total. The molecule has 1 fully saturated rings. The first-order chi connectivity index (χ1) is 5.33. The predicted molar refractivity (Wildman–Crippen MR) is 46.4 cm³/mol. The Kier molecular flexibility index (Phi) is 3.87. The van der Waals surface area contributed by atoms with Gasteiger partial charge in [-0.25, -0.2) is 0 Å². The zero-order valence-electron chi connectivity index (χ0n) is 7.38. The molecular weight excluding hydrogens is 138 g/mol. The minimum Gasteiger partial charge on any atom is -0.380 e. The van der Waals surface area contributed by atoms with Crippen LogP contribution in [-0.2, 0) is 4.74 Å². The highest BCUT2D eigenvalue weighted by Gasteiger charge is 2.12. The lowest BCUT2D eigenvalue weighted by Crippen LogP contribution is -2.36. The maximum Gasteiger partial charge on any atom is 0.0699 e. The Hall–Kier alpha value is -0.0800. The van der Waals surface area contributed by atoms with Crippen LogP contribution in [0.3, 0.4) is 0 Å². The van der Waals surface area contributed by atoms with Gasteiger partial charge in [-0.05, 0) is 32.9 Å². The summed E-state index contributed by atoms with van der Waals surface area (Å²) < 4.78 is 5.10. The van der Waals surface area contributed by atoms with Crippen LogP contribution in [0.15, 0.2) is 0 Å². The topological polar surface area (TPSA) is 12.5 Å². The molecule has 1 radical (unpaired) electrons. The largest absolute Gasteiger partial charge is 0.380 e. The standard InChI is InChI=1S/C9H18NO/c1-9(11-2)8-10-6-4-3-5-7-10/h9H,1,3-8H2,2H3. The van der Waals surface area contributed by atoms with Crippen LogP contribution in [0.5, 0.6) is 0 Å². The van der Waals surface area contributed by atoms with E-state index in [2.05, 4.69) is 11.8 Å². The lowest BCUT2D eigenvalue weighted by atomic mass is 10.1. The third-order valence-electron chi connectivity index (χ3n) is 2.24. The summed E-state index contributed by atoms with van der Waals surface area (Å²) in [6.07, 6.45) is 4.23. The van der Waals surface area contributed by atoms with Crippen LogP contribution in [0, 0.1) is 6.92 Å². The Morgan fingerprint density at radius 2 is 2.00 bits per heavy atom. The summed E-state index contributed by atoms with van der Waals surface area (Å²) in [5.41, 5.74) is 0. The Bertz CT molecular complexity index is 99.7. The van der Waals surface area contributed by atoms with Gasteiger partial charge in [0.2, 0.25) is 0 Å². The molecule has 0 aliphatic carbocycles. The van der Waals surface area contributed by atoms with Crippen LogP contribution in [0.4, 0.5) is 0 Å². The number of nitrogens with zero attached hydrogens (tertiary/aromatic N) is 1. The van der Waals surface area contributed by atoms with E-state index in [4.69, 9.17) is 4.74 Å². The molecule has 1 unspecified atom stereocenters. The van der Waals surface area contributed by atoms with Crippen molar-refractivity contribution in [3.05, 3.63) is 6.92 Å². The minimum atomic E-state index is 0.146. The molecule has 1 aliphatic rings. The van der Waals surface area contributed by atoms with E-state index in [9.17, 15) is 0 Å². The first kappa shape index (κ1) is 9.01. The van der Waals surface area contributed by atoms with E-state index in [1.165, 1.54) is 32.4 Å².